The van der Waals surface area contributed by atoms with E-state index in [0.29, 0.717) is 18.0 Å². The predicted octanol–water partition coefficient (Wildman–Crippen LogP) is 3.15. The summed E-state index contributed by atoms with van der Waals surface area (Å²) in [5.74, 6) is 2.13. The van der Waals surface area contributed by atoms with Gasteiger partial charge in [-0.1, -0.05) is 11.6 Å². The van der Waals surface area contributed by atoms with E-state index in [1.165, 1.54) is 0 Å². The monoisotopic (exact) mass is 287 g/mol. The Morgan fingerprint density at radius 2 is 1.57 bits per heavy atom. The Hall–Kier alpha value is -2.20. The van der Waals surface area contributed by atoms with Crippen LogP contribution in [0.2, 0.25) is 0 Å². The van der Waals surface area contributed by atoms with Gasteiger partial charge in [-0.15, -0.1) is 0 Å². The van der Waals surface area contributed by atoms with E-state index in [0.717, 1.165) is 28.0 Å². The molecule has 4 nitrogen and oxygen atoms in total. The maximum Gasteiger partial charge on any atom is 0.168 e. The summed E-state index contributed by atoms with van der Waals surface area (Å²) in [5, 5.41) is 0. The van der Waals surface area contributed by atoms with Crippen molar-refractivity contribution in [3.8, 4) is 28.4 Å². The largest absolute Gasteiger partial charge is 0.496 e. The molecule has 0 fully saturated rings. The highest BCUT2D eigenvalue weighted by atomic mass is 16.5. The first-order valence-corrected chi connectivity index (χ1v) is 6.74. The third-order valence-corrected chi connectivity index (χ3v) is 3.42. The van der Waals surface area contributed by atoms with E-state index < -0.39 is 0 Å². The Bertz CT molecular complexity index is 638. The van der Waals surface area contributed by atoms with Gasteiger partial charge in [-0.3, -0.25) is 0 Å². The van der Waals surface area contributed by atoms with Crippen LogP contribution in [0.3, 0.4) is 0 Å². The lowest BCUT2D eigenvalue weighted by Gasteiger charge is -2.17. The van der Waals surface area contributed by atoms with E-state index in [4.69, 9.17) is 19.9 Å². The van der Waals surface area contributed by atoms with Gasteiger partial charge in [0, 0.05) is 17.7 Å². The molecule has 2 aromatic carbocycles. The number of benzene rings is 2. The molecular formula is C17H21NO3. The summed E-state index contributed by atoms with van der Waals surface area (Å²) in [5.41, 5.74) is 9.78. The third kappa shape index (κ3) is 2.95. The molecule has 0 aromatic heterocycles. The van der Waals surface area contributed by atoms with Gasteiger partial charge in [0.05, 0.1) is 21.3 Å². The maximum absolute atomic E-state index is 5.78. The Morgan fingerprint density at radius 3 is 2.14 bits per heavy atom. The summed E-state index contributed by atoms with van der Waals surface area (Å²) in [6, 6.07) is 9.93. The average molecular weight is 287 g/mol. The third-order valence-electron chi connectivity index (χ3n) is 3.42. The van der Waals surface area contributed by atoms with Gasteiger partial charge in [0.25, 0.3) is 0 Å². The van der Waals surface area contributed by atoms with E-state index in [2.05, 4.69) is 6.07 Å². The summed E-state index contributed by atoms with van der Waals surface area (Å²) >= 11 is 0. The molecule has 0 heterocycles. The van der Waals surface area contributed by atoms with Gasteiger partial charge < -0.3 is 19.9 Å². The number of methoxy groups -OCH3 is 3. The number of hydrogen-bond donors (Lipinski definition) is 1. The first-order valence-electron chi connectivity index (χ1n) is 6.74. The van der Waals surface area contributed by atoms with Crippen LogP contribution in [-0.2, 0) is 6.54 Å². The molecule has 2 N–H and O–H groups in total. The summed E-state index contributed by atoms with van der Waals surface area (Å²) in [6.45, 7) is 2.47. The minimum Gasteiger partial charge on any atom is -0.496 e. The van der Waals surface area contributed by atoms with Crippen LogP contribution in [0, 0.1) is 6.92 Å². The number of nitrogens with two attached hydrogens (primary N) is 1. The number of rotatable bonds is 5. The number of aryl methyl sites for hydroxylation is 1. The van der Waals surface area contributed by atoms with Gasteiger partial charge >= 0.3 is 0 Å². The highest BCUT2D eigenvalue weighted by molar-refractivity contribution is 5.79. The lowest BCUT2D eigenvalue weighted by molar-refractivity contribution is 0.355. The van der Waals surface area contributed by atoms with Crippen molar-refractivity contribution in [3.05, 3.63) is 41.5 Å². The fourth-order valence-corrected chi connectivity index (χ4v) is 2.37. The van der Waals surface area contributed by atoms with Crippen LogP contribution in [-0.4, -0.2) is 21.3 Å². The van der Waals surface area contributed by atoms with Crippen molar-refractivity contribution in [1.82, 2.24) is 0 Å². The molecule has 112 valence electrons. The van der Waals surface area contributed by atoms with Gasteiger partial charge in [0.2, 0.25) is 0 Å². The minimum absolute atomic E-state index is 0.432. The SMILES string of the molecule is COc1ccc(C)cc1-c1cc(CN)cc(OC)c1OC. The van der Waals surface area contributed by atoms with Crippen LogP contribution in [0.25, 0.3) is 11.1 Å². The Labute approximate surface area is 125 Å². The molecule has 0 radical (unpaired) electrons. The van der Waals surface area contributed by atoms with E-state index >= 15 is 0 Å². The number of hydrogen-bond acceptors (Lipinski definition) is 4. The van der Waals surface area contributed by atoms with Crippen LogP contribution in [0.1, 0.15) is 11.1 Å². The van der Waals surface area contributed by atoms with Gasteiger partial charge in [-0.05, 0) is 36.8 Å². The molecule has 0 unspecified atom stereocenters. The van der Waals surface area contributed by atoms with E-state index in [1.807, 2.05) is 31.2 Å². The van der Waals surface area contributed by atoms with E-state index in [1.54, 1.807) is 21.3 Å². The van der Waals surface area contributed by atoms with E-state index in [-0.39, 0.29) is 0 Å². The summed E-state index contributed by atoms with van der Waals surface area (Å²) in [6.07, 6.45) is 0. The van der Waals surface area contributed by atoms with Crippen LogP contribution >= 0.6 is 0 Å². The first-order chi connectivity index (χ1) is 10.1. The molecule has 0 aliphatic heterocycles. The topological polar surface area (TPSA) is 53.7 Å². The van der Waals surface area contributed by atoms with Crippen molar-refractivity contribution < 1.29 is 14.2 Å². The van der Waals surface area contributed by atoms with E-state index in [9.17, 15) is 0 Å². The molecule has 0 spiro atoms. The van der Waals surface area contributed by atoms with Crippen molar-refractivity contribution >= 4 is 0 Å². The van der Waals surface area contributed by atoms with Gasteiger partial charge in [-0.25, -0.2) is 0 Å². The van der Waals surface area contributed by atoms with Crippen molar-refractivity contribution in [2.24, 2.45) is 5.73 Å². The normalized spacial score (nSPS) is 10.3. The number of ether oxygens (including phenoxy) is 3. The van der Waals surface area contributed by atoms with Crippen LogP contribution < -0.4 is 19.9 Å². The zero-order chi connectivity index (χ0) is 15.4. The maximum atomic E-state index is 5.78. The fourth-order valence-electron chi connectivity index (χ4n) is 2.37. The van der Waals surface area contributed by atoms with Gasteiger partial charge in [-0.2, -0.15) is 0 Å². The second kappa shape index (κ2) is 6.50. The Morgan fingerprint density at radius 1 is 0.857 bits per heavy atom. The lowest BCUT2D eigenvalue weighted by atomic mass is 9.98. The molecule has 21 heavy (non-hydrogen) atoms. The molecule has 0 saturated heterocycles. The van der Waals surface area contributed by atoms with Crippen LogP contribution in [0.5, 0.6) is 17.2 Å². The molecular weight excluding hydrogens is 266 g/mol. The van der Waals surface area contributed by atoms with Gasteiger partial charge in [0.1, 0.15) is 5.75 Å². The summed E-state index contributed by atoms with van der Waals surface area (Å²) in [4.78, 5) is 0. The molecule has 0 amide bonds. The summed E-state index contributed by atoms with van der Waals surface area (Å²) < 4.78 is 16.4. The fraction of sp³-hybridized carbons (Fsp3) is 0.294. The lowest BCUT2D eigenvalue weighted by Crippen LogP contribution is -2.01. The molecule has 0 aliphatic rings. The average Bonchev–Trinajstić information content (AvgIpc) is 2.53. The first kappa shape index (κ1) is 15.2. The molecule has 2 rings (SSSR count). The smallest absolute Gasteiger partial charge is 0.168 e. The standard InChI is InChI=1S/C17H21NO3/c1-11-5-6-15(19-2)13(7-11)14-8-12(10-18)9-16(20-3)17(14)21-4/h5-9H,10,18H2,1-4H3. The molecule has 4 heteroatoms. The van der Waals surface area contributed by atoms with Crippen molar-refractivity contribution in [2.75, 3.05) is 21.3 Å². The summed E-state index contributed by atoms with van der Waals surface area (Å²) in [7, 11) is 4.91. The van der Waals surface area contributed by atoms with Crippen molar-refractivity contribution in [1.29, 1.82) is 0 Å². The zero-order valence-corrected chi connectivity index (χ0v) is 12.9. The van der Waals surface area contributed by atoms with Crippen molar-refractivity contribution in [3.63, 3.8) is 0 Å². The second-order valence-electron chi connectivity index (χ2n) is 4.79. The Kier molecular flexibility index (Phi) is 4.70. The van der Waals surface area contributed by atoms with Gasteiger partial charge in [0.15, 0.2) is 11.5 Å². The molecule has 0 aliphatic carbocycles. The second-order valence-corrected chi connectivity index (χ2v) is 4.79. The molecule has 0 atom stereocenters. The van der Waals surface area contributed by atoms with Crippen LogP contribution in [0.15, 0.2) is 30.3 Å². The quantitative estimate of drug-likeness (QED) is 0.918. The Balaban J connectivity index is 2.75. The predicted molar refractivity (Wildman–Crippen MR) is 84.2 cm³/mol. The highest BCUT2D eigenvalue weighted by Gasteiger charge is 2.17. The highest BCUT2D eigenvalue weighted by Crippen LogP contribution is 2.42. The molecule has 0 bridgehead atoms. The molecule has 0 saturated carbocycles. The minimum atomic E-state index is 0.432. The van der Waals surface area contributed by atoms with Crippen LogP contribution in [0.4, 0.5) is 0 Å². The zero-order valence-electron chi connectivity index (χ0n) is 12.9. The van der Waals surface area contributed by atoms with Crippen molar-refractivity contribution in [2.45, 2.75) is 13.5 Å². The molecule has 2 aromatic rings.